The molecule has 50 heavy (non-hydrogen) atoms. The maximum absolute atomic E-state index is 13.5. The van der Waals surface area contributed by atoms with Gasteiger partial charge in [0.05, 0.1) is 13.2 Å². The lowest BCUT2D eigenvalue weighted by atomic mass is 9.97. The number of nitrogens with one attached hydrogen (secondary N) is 1. The quantitative estimate of drug-likeness (QED) is 0.0449. The second kappa shape index (κ2) is 16.8. The Morgan fingerprint density at radius 1 is 0.840 bits per heavy atom. The molecule has 0 saturated carbocycles. The van der Waals surface area contributed by atoms with Gasteiger partial charge in [0.25, 0.3) is 5.91 Å². The molecule has 5 rings (SSSR count). The van der Waals surface area contributed by atoms with Crippen LogP contribution in [0.25, 0.3) is 0 Å². The number of benzene rings is 4. The van der Waals surface area contributed by atoms with Gasteiger partial charge in [-0.3, -0.25) is 14.4 Å². The first-order chi connectivity index (χ1) is 24.2. The van der Waals surface area contributed by atoms with Gasteiger partial charge in [-0.2, -0.15) is 0 Å². The van der Waals surface area contributed by atoms with Crippen molar-refractivity contribution in [1.29, 1.82) is 0 Å². The summed E-state index contributed by atoms with van der Waals surface area (Å²) < 4.78 is 17.0. The SMILES string of the molecule is NC(CCOc1ccc(C(=NO)C(=O)N[C@H]2CN(C(C(=O)OCc3ccccc3)c3ccc(OCc4ccccc4)cc3)C2=O)cc1)C(=O)O. The summed E-state index contributed by atoms with van der Waals surface area (Å²) in [5, 5.41) is 24.2. The highest BCUT2D eigenvalue weighted by molar-refractivity contribution is 6.45. The number of oxime groups is 1. The van der Waals surface area contributed by atoms with E-state index in [2.05, 4.69) is 10.5 Å². The Morgan fingerprint density at radius 3 is 2.00 bits per heavy atom. The van der Waals surface area contributed by atoms with Gasteiger partial charge < -0.3 is 40.5 Å². The number of carboxylic acid groups (broad SMARTS) is 1. The van der Waals surface area contributed by atoms with E-state index in [1.165, 1.54) is 29.2 Å². The standard InChI is InChI=1S/C37H36N4O9/c38-30(36(44)45)19-20-48-28-15-11-26(12-16-28)32(40-47)34(42)39-31-21-41(35(31)43)33(37(46)50-23-25-9-5-2-6-10-25)27-13-17-29(18-14-27)49-22-24-7-3-1-4-8-24/h1-18,30-31,33,47H,19-23,38H2,(H,39,42)(H,44,45)/t30?,31-,33?/m0/s1. The zero-order valence-electron chi connectivity index (χ0n) is 26.9. The van der Waals surface area contributed by atoms with E-state index in [0.717, 1.165) is 11.1 Å². The van der Waals surface area contributed by atoms with Gasteiger partial charge in [-0.25, -0.2) is 4.79 Å². The number of rotatable bonds is 16. The van der Waals surface area contributed by atoms with Crippen molar-refractivity contribution in [3.63, 3.8) is 0 Å². The summed E-state index contributed by atoms with van der Waals surface area (Å²) in [6.07, 6.45) is 0.0926. The number of nitrogens with zero attached hydrogens (tertiary/aromatic N) is 2. The third kappa shape index (κ3) is 9.02. The number of ether oxygens (including phenoxy) is 3. The number of aliphatic carboxylic acids is 1. The predicted octanol–water partition coefficient (Wildman–Crippen LogP) is 3.44. The summed E-state index contributed by atoms with van der Waals surface area (Å²) in [4.78, 5) is 52.2. The van der Waals surface area contributed by atoms with E-state index in [0.29, 0.717) is 23.7 Å². The van der Waals surface area contributed by atoms with Crippen molar-refractivity contribution in [2.45, 2.75) is 37.8 Å². The zero-order chi connectivity index (χ0) is 35.5. The number of likely N-dealkylation sites (tertiary alicyclic amines) is 1. The number of carbonyl (C=O) groups excluding carboxylic acids is 3. The monoisotopic (exact) mass is 680 g/mol. The van der Waals surface area contributed by atoms with Crippen LogP contribution in [-0.2, 0) is 37.1 Å². The Bertz CT molecular complexity index is 1800. The van der Waals surface area contributed by atoms with Crippen LogP contribution in [0.15, 0.2) is 114 Å². The van der Waals surface area contributed by atoms with Gasteiger partial charge in [0.1, 0.15) is 36.8 Å². The Hall–Kier alpha value is -6.21. The highest BCUT2D eigenvalue weighted by Gasteiger charge is 2.46. The van der Waals surface area contributed by atoms with Crippen LogP contribution >= 0.6 is 0 Å². The summed E-state index contributed by atoms with van der Waals surface area (Å²) in [5.41, 5.74) is 7.64. The third-order valence-corrected chi connectivity index (χ3v) is 7.93. The van der Waals surface area contributed by atoms with Crippen molar-refractivity contribution in [2.75, 3.05) is 13.2 Å². The zero-order valence-corrected chi connectivity index (χ0v) is 26.9. The molecule has 1 aliphatic rings. The van der Waals surface area contributed by atoms with Crippen molar-refractivity contribution >= 4 is 29.5 Å². The molecule has 2 amide bonds. The average Bonchev–Trinajstić information content (AvgIpc) is 3.14. The normalized spacial score (nSPS) is 15.3. The molecule has 4 aromatic rings. The number of β-lactam (4-membered cyclic amide) rings is 1. The fourth-order valence-electron chi connectivity index (χ4n) is 5.13. The minimum atomic E-state index is -1.13. The summed E-state index contributed by atoms with van der Waals surface area (Å²) >= 11 is 0. The van der Waals surface area contributed by atoms with Gasteiger partial charge in [0.2, 0.25) is 5.91 Å². The van der Waals surface area contributed by atoms with Crippen LogP contribution < -0.4 is 20.5 Å². The number of hydrogen-bond acceptors (Lipinski definition) is 10. The molecule has 0 radical (unpaired) electrons. The molecule has 1 fully saturated rings. The lowest BCUT2D eigenvalue weighted by Crippen LogP contribution is -2.66. The van der Waals surface area contributed by atoms with Gasteiger partial charge in [-0.05, 0) is 53.1 Å². The van der Waals surface area contributed by atoms with Crippen molar-refractivity contribution in [3.8, 4) is 11.5 Å². The predicted molar refractivity (Wildman–Crippen MR) is 180 cm³/mol. The molecule has 1 heterocycles. The molecular formula is C37H36N4O9. The van der Waals surface area contributed by atoms with Crippen LogP contribution in [0.3, 0.4) is 0 Å². The molecule has 0 aliphatic carbocycles. The third-order valence-electron chi connectivity index (χ3n) is 7.93. The molecule has 1 aliphatic heterocycles. The van der Waals surface area contributed by atoms with Gasteiger partial charge >= 0.3 is 11.9 Å². The number of hydrogen-bond donors (Lipinski definition) is 4. The van der Waals surface area contributed by atoms with Crippen LogP contribution in [0.1, 0.15) is 34.7 Å². The molecule has 13 heteroatoms. The van der Waals surface area contributed by atoms with E-state index in [1.807, 2.05) is 60.7 Å². The molecule has 2 unspecified atom stereocenters. The summed E-state index contributed by atoms with van der Waals surface area (Å²) in [6, 6.07) is 28.5. The van der Waals surface area contributed by atoms with Crippen molar-refractivity contribution in [2.24, 2.45) is 10.9 Å². The topological polar surface area (TPSA) is 190 Å². The van der Waals surface area contributed by atoms with Crippen molar-refractivity contribution < 1.29 is 43.7 Å². The molecule has 0 spiro atoms. The minimum Gasteiger partial charge on any atom is -0.494 e. The van der Waals surface area contributed by atoms with E-state index in [4.69, 9.17) is 25.1 Å². The molecule has 1 saturated heterocycles. The minimum absolute atomic E-state index is 0.00661. The second-order valence-corrected chi connectivity index (χ2v) is 11.4. The lowest BCUT2D eigenvalue weighted by molar-refractivity contribution is -0.164. The Labute approximate surface area is 287 Å². The van der Waals surface area contributed by atoms with E-state index < -0.39 is 41.9 Å². The first-order valence-electron chi connectivity index (χ1n) is 15.8. The Kier molecular flexibility index (Phi) is 11.8. The number of carbonyl (C=O) groups is 4. The Morgan fingerprint density at radius 2 is 1.42 bits per heavy atom. The van der Waals surface area contributed by atoms with Crippen molar-refractivity contribution in [1.82, 2.24) is 10.2 Å². The molecule has 4 aromatic carbocycles. The second-order valence-electron chi connectivity index (χ2n) is 11.4. The van der Waals surface area contributed by atoms with Gasteiger partial charge in [-0.1, -0.05) is 78.0 Å². The number of carboxylic acids is 1. The molecule has 5 N–H and O–H groups in total. The maximum atomic E-state index is 13.5. The first-order valence-corrected chi connectivity index (χ1v) is 15.8. The van der Waals surface area contributed by atoms with Crippen LogP contribution in [0.5, 0.6) is 11.5 Å². The molecular weight excluding hydrogens is 644 g/mol. The summed E-state index contributed by atoms with van der Waals surface area (Å²) in [7, 11) is 0. The smallest absolute Gasteiger partial charge is 0.333 e. The molecule has 3 atom stereocenters. The lowest BCUT2D eigenvalue weighted by Gasteiger charge is -2.42. The fraction of sp³-hybridized carbons (Fsp3) is 0.216. The first kappa shape index (κ1) is 35.1. The highest BCUT2D eigenvalue weighted by atomic mass is 16.5. The van der Waals surface area contributed by atoms with Gasteiger partial charge in [0, 0.05) is 12.0 Å². The summed E-state index contributed by atoms with van der Waals surface area (Å²) in [5.74, 6) is -2.15. The van der Waals surface area contributed by atoms with E-state index >= 15 is 0 Å². The number of amides is 2. The van der Waals surface area contributed by atoms with Crippen LogP contribution in [0.4, 0.5) is 0 Å². The highest BCUT2D eigenvalue weighted by Crippen LogP contribution is 2.30. The molecule has 0 bridgehead atoms. The molecule has 258 valence electrons. The number of nitrogens with two attached hydrogens (primary N) is 1. The van der Waals surface area contributed by atoms with Crippen LogP contribution in [0.2, 0.25) is 0 Å². The van der Waals surface area contributed by atoms with Crippen LogP contribution in [-0.4, -0.2) is 69.9 Å². The maximum Gasteiger partial charge on any atom is 0.333 e. The van der Waals surface area contributed by atoms with E-state index in [-0.39, 0.29) is 37.5 Å². The largest absolute Gasteiger partial charge is 0.494 e. The fourth-order valence-corrected chi connectivity index (χ4v) is 5.13. The number of esters is 1. The van der Waals surface area contributed by atoms with Crippen LogP contribution in [0, 0.1) is 0 Å². The van der Waals surface area contributed by atoms with Gasteiger partial charge in [-0.15, -0.1) is 0 Å². The average molecular weight is 681 g/mol. The molecule has 0 aromatic heterocycles. The van der Waals surface area contributed by atoms with E-state index in [1.54, 1.807) is 24.3 Å². The van der Waals surface area contributed by atoms with Crippen molar-refractivity contribution in [3.05, 3.63) is 131 Å². The Balaban J connectivity index is 1.22. The molecule has 13 nitrogen and oxygen atoms in total. The van der Waals surface area contributed by atoms with E-state index in [9.17, 15) is 24.4 Å². The summed E-state index contributed by atoms with van der Waals surface area (Å²) in [6.45, 7) is 0.412. The van der Waals surface area contributed by atoms with Gasteiger partial charge in [0.15, 0.2) is 11.8 Å².